The second-order valence-corrected chi connectivity index (χ2v) is 5.77. The average Bonchev–Trinajstić information content (AvgIpc) is 2.39. The molecule has 0 spiro atoms. The second-order valence-electron chi connectivity index (χ2n) is 5.77. The van der Waals surface area contributed by atoms with E-state index in [0.29, 0.717) is 12.1 Å². The quantitative estimate of drug-likeness (QED) is 0.794. The molecule has 1 saturated heterocycles. The third-order valence-corrected chi connectivity index (χ3v) is 4.26. The van der Waals surface area contributed by atoms with E-state index in [1.165, 1.54) is 32.1 Å². The van der Waals surface area contributed by atoms with Gasteiger partial charge in [-0.25, -0.2) is 0 Å². The Morgan fingerprint density at radius 1 is 1.28 bits per heavy atom. The molecule has 1 unspecified atom stereocenters. The Morgan fingerprint density at radius 2 is 2.06 bits per heavy atom. The first-order valence-electron chi connectivity index (χ1n) is 7.44. The second kappa shape index (κ2) is 7.43. The summed E-state index contributed by atoms with van der Waals surface area (Å²) in [5.74, 6) is 0. The zero-order valence-electron chi connectivity index (χ0n) is 11.7. The van der Waals surface area contributed by atoms with E-state index in [4.69, 9.17) is 4.74 Å². The maximum Gasteiger partial charge on any atom is 0.0829 e. The molecule has 106 valence electrons. The number of likely N-dealkylation sites (N-methyl/N-ethyl adjacent to an activating group) is 1. The molecule has 1 N–H and O–H groups in total. The molecule has 0 aromatic rings. The van der Waals surface area contributed by atoms with Gasteiger partial charge in [-0.1, -0.05) is 19.3 Å². The van der Waals surface area contributed by atoms with Crippen LogP contribution in [0.1, 0.15) is 32.1 Å². The molecular formula is C14H28N2O2. The fourth-order valence-electron chi connectivity index (χ4n) is 3.24. The minimum absolute atomic E-state index is 0.263. The van der Waals surface area contributed by atoms with E-state index in [2.05, 4.69) is 16.8 Å². The fraction of sp³-hybridized carbons (Fsp3) is 1.00. The summed E-state index contributed by atoms with van der Waals surface area (Å²) < 4.78 is 5.85. The molecule has 1 aliphatic carbocycles. The molecule has 0 amide bonds. The van der Waals surface area contributed by atoms with E-state index in [1.54, 1.807) is 0 Å². The van der Waals surface area contributed by atoms with Crippen LogP contribution in [-0.4, -0.2) is 73.5 Å². The minimum atomic E-state index is 0.263. The van der Waals surface area contributed by atoms with Gasteiger partial charge in [0.2, 0.25) is 0 Å². The van der Waals surface area contributed by atoms with Crippen molar-refractivity contribution in [2.75, 3.05) is 46.4 Å². The SMILES string of the molecule is CN1CCOC(CN(CCO)C2CCCCC2)C1. The van der Waals surface area contributed by atoms with Gasteiger partial charge in [-0.15, -0.1) is 0 Å². The molecule has 1 aliphatic heterocycles. The molecule has 2 rings (SSSR count). The number of rotatable bonds is 5. The number of hydrogen-bond donors (Lipinski definition) is 1. The molecule has 18 heavy (non-hydrogen) atoms. The van der Waals surface area contributed by atoms with Crippen LogP contribution in [0.5, 0.6) is 0 Å². The summed E-state index contributed by atoms with van der Waals surface area (Å²) in [6.07, 6.45) is 6.98. The molecule has 1 heterocycles. The van der Waals surface area contributed by atoms with Crippen molar-refractivity contribution in [3.8, 4) is 0 Å². The zero-order chi connectivity index (χ0) is 12.8. The number of morpholine rings is 1. The van der Waals surface area contributed by atoms with Crippen LogP contribution in [0.4, 0.5) is 0 Å². The van der Waals surface area contributed by atoms with Crippen molar-refractivity contribution >= 4 is 0 Å². The van der Waals surface area contributed by atoms with Crippen LogP contribution in [-0.2, 0) is 4.74 Å². The summed E-state index contributed by atoms with van der Waals surface area (Å²) in [4.78, 5) is 4.80. The normalized spacial score (nSPS) is 27.8. The van der Waals surface area contributed by atoms with Crippen LogP contribution in [0, 0.1) is 0 Å². The summed E-state index contributed by atoms with van der Waals surface area (Å²) >= 11 is 0. The Balaban J connectivity index is 1.84. The summed E-state index contributed by atoms with van der Waals surface area (Å²) in [6, 6.07) is 0.668. The monoisotopic (exact) mass is 256 g/mol. The molecule has 4 heteroatoms. The first kappa shape index (κ1) is 14.3. The Kier molecular flexibility index (Phi) is 5.89. The van der Waals surface area contributed by atoms with Crippen LogP contribution < -0.4 is 0 Å². The van der Waals surface area contributed by atoms with Crippen LogP contribution in [0.25, 0.3) is 0 Å². The lowest BCUT2D eigenvalue weighted by molar-refractivity contribution is -0.0456. The molecule has 0 radical (unpaired) electrons. The number of ether oxygens (including phenoxy) is 1. The standard InChI is InChI=1S/C14H28N2O2/c1-15-8-10-18-14(11-15)12-16(7-9-17)13-5-3-2-4-6-13/h13-14,17H,2-12H2,1H3. The lowest BCUT2D eigenvalue weighted by Gasteiger charge is -2.38. The third-order valence-electron chi connectivity index (χ3n) is 4.26. The van der Waals surface area contributed by atoms with Crippen LogP contribution >= 0.6 is 0 Å². The topological polar surface area (TPSA) is 35.9 Å². The van der Waals surface area contributed by atoms with E-state index in [0.717, 1.165) is 32.8 Å². The number of hydrogen-bond acceptors (Lipinski definition) is 4. The molecular weight excluding hydrogens is 228 g/mol. The Morgan fingerprint density at radius 3 is 2.72 bits per heavy atom. The van der Waals surface area contributed by atoms with Crippen LogP contribution in [0.3, 0.4) is 0 Å². The molecule has 2 fully saturated rings. The highest BCUT2D eigenvalue weighted by atomic mass is 16.5. The van der Waals surface area contributed by atoms with E-state index in [-0.39, 0.29) is 6.61 Å². The molecule has 1 atom stereocenters. The van der Waals surface area contributed by atoms with Gasteiger partial charge in [0.15, 0.2) is 0 Å². The van der Waals surface area contributed by atoms with Crippen molar-refractivity contribution in [3.63, 3.8) is 0 Å². The summed E-state index contributed by atoms with van der Waals surface area (Å²) in [7, 11) is 2.16. The van der Waals surface area contributed by atoms with Crippen molar-refractivity contribution in [3.05, 3.63) is 0 Å². The highest BCUT2D eigenvalue weighted by Gasteiger charge is 2.25. The molecule has 4 nitrogen and oxygen atoms in total. The smallest absolute Gasteiger partial charge is 0.0829 e. The molecule has 0 bridgehead atoms. The Bertz CT molecular complexity index is 232. The van der Waals surface area contributed by atoms with Crippen LogP contribution in [0.15, 0.2) is 0 Å². The number of aliphatic hydroxyl groups is 1. The van der Waals surface area contributed by atoms with Crippen molar-refractivity contribution in [1.82, 2.24) is 9.80 Å². The minimum Gasteiger partial charge on any atom is -0.395 e. The van der Waals surface area contributed by atoms with Gasteiger partial charge in [0.25, 0.3) is 0 Å². The maximum absolute atomic E-state index is 9.26. The zero-order valence-corrected chi connectivity index (χ0v) is 11.7. The Hall–Kier alpha value is -0.160. The predicted molar refractivity (Wildman–Crippen MR) is 72.8 cm³/mol. The van der Waals surface area contributed by atoms with Gasteiger partial charge in [0.05, 0.1) is 19.3 Å². The van der Waals surface area contributed by atoms with Crippen LogP contribution in [0.2, 0.25) is 0 Å². The lowest BCUT2D eigenvalue weighted by atomic mass is 9.94. The molecule has 0 aromatic heterocycles. The molecule has 2 aliphatic rings. The van der Waals surface area contributed by atoms with Crippen molar-refractivity contribution in [2.24, 2.45) is 0 Å². The first-order valence-corrected chi connectivity index (χ1v) is 7.44. The van der Waals surface area contributed by atoms with Crippen molar-refractivity contribution in [2.45, 2.75) is 44.2 Å². The van der Waals surface area contributed by atoms with E-state index < -0.39 is 0 Å². The maximum atomic E-state index is 9.26. The fourth-order valence-corrected chi connectivity index (χ4v) is 3.24. The summed E-state index contributed by atoms with van der Waals surface area (Å²) in [6.45, 7) is 4.95. The van der Waals surface area contributed by atoms with Gasteiger partial charge in [-0.05, 0) is 19.9 Å². The average molecular weight is 256 g/mol. The summed E-state index contributed by atoms with van der Waals surface area (Å²) in [5, 5.41) is 9.26. The molecule has 1 saturated carbocycles. The van der Waals surface area contributed by atoms with E-state index in [9.17, 15) is 5.11 Å². The number of aliphatic hydroxyl groups excluding tert-OH is 1. The predicted octanol–water partition coefficient (Wildman–Crippen LogP) is 0.944. The highest BCUT2D eigenvalue weighted by molar-refractivity contribution is 4.80. The number of nitrogens with zero attached hydrogens (tertiary/aromatic N) is 2. The van der Waals surface area contributed by atoms with Gasteiger partial charge >= 0.3 is 0 Å². The largest absolute Gasteiger partial charge is 0.395 e. The van der Waals surface area contributed by atoms with Gasteiger partial charge in [0.1, 0.15) is 0 Å². The van der Waals surface area contributed by atoms with Crippen molar-refractivity contribution in [1.29, 1.82) is 0 Å². The van der Waals surface area contributed by atoms with Crippen molar-refractivity contribution < 1.29 is 9.84 Å². The highest BCUT2D eigenvalue weighted by Crippen LogP contribution is 2.23. The Labute approximate surface area is 111 Å². The van der Waals surface area contributed by atoms with E-state index >= 15 is 0 Å². The first-order chi connectivity index (χ1) is 8.79. The van der Waals surface area contributed by atoms with E-state index in [1.807, 2.05) is 0 Å². The molecule has 0 aromatic carbocycles. The summed E-state index contributed by atoms with van der Waals surface area (Å²) in [5.41, 5.74) is 0. The lowest BCUT2D eigenvalue weighted by Crippen LogP contribution is -2.49. The van der Waals surface area contributed by atoms with Gasteiger partial charge in [0, 0.05) is 32.2 Å². The van der Waals surface area contributed by atoms with Gasteiger partial charge < -0.3 is 14.7 Å². The third kappa shape index (κ3) is 4.19. The van der Waals surface area contributed by atoms with Gasteiger partial charge in [-0.2, -0.15) is 0 Å². The van der Waals surface area contributed by atoms with Gasteiger partial charge in [-0.3, -0.25) is 4.90 Å².